The molecule has 0 spiro atoms. The van der Waals surface area contributed by atoms with E-state index in [1.807, 2.05) is 0 Å². The van der Waals surface area contributed by atoms with Crippen molar-refractivity contribution in [3.05, 3.63) is 21.6 Å². The fourth-order valence-corrected chi connectivity index (χ4v) is 2.16. The van der Waals surface area contributed by atoms with E-state index in [-0.39, 0.29) is 22.7 Å². The van der Waals surface area contributed by atoms with E-state index in [0.717, 1.165) is 12.8 Å². The maximum absolute atomic E-state index is 11.9. The molecule has 2 N–H and O–H groups in total. The molecule has 100 valence electrons. The molecule has 1 fully saturated rings. The van der Waals surface area contributed by atoms with Crippen LogP contribution in [0, 0.1) is 0 Å². The summed E-state index contributed by atoms with van der Waals surface area (Å²) in [6.45, 7) is 2.65. The van der Waals surface area contributed by atoms with E-state index in [4.69, 9.17) is 11.6 Å². The maximum atomic E-state index is 11.9. The number of nitrogens with one attached hydrogen (secondary N) is 1. The van der Waals surface area contributed by atoms with Crippen molar-refractivity contribution in [3.63, 3.8) is 0 Å². The number of aliphatic hydroxyl groups excluding tert-OH is 1. The van der Waals surface area contributed by atoms with Gasteiger partial charge >= 0.3 is 0 Å². The average Bonchev–Trinajstić information content (AvgIpc) is 2.32. The standard InChI is InChI=1S/C12H18ClN3O2/c1-2-3-4-16-12(18)11(13)10(7-14-16)15-8-5-9(17)6-8/h7-9,15,17H,2-6H2,1H3. The van der Waals surface area contributed by atoms with Crippen LogP contribution in [0.5, 0.6) is 0 Å². The zero-order valence-corrected chi connectivity index (χ0v) is 11.2. The topological polar surface area (TPSA) is 67.2 Å². The fourth-order valence-electron chi connectivity index (χ4n) is 1.96. The van der Waals surface area contributed by atoms with Gasteiger partial charge in [0.2, 0.25) is 0 Å². The lowest BCUT2D eigenvalue weighted by atomic mass is 9.89. The second-order valence-electron chi connectivity index (χ2n) is 4.72. The van der Waals surface area contributed by atoms with Crippen LogP contribution in [0.1, 0.15) is 32.6 Å². The number of unbranched alkanes of at least 4 members (excludes halogenated alkanes) is 1. The first-order valence-corrected chi connectivity index (χ1v) is 6.69. The van der Waals surface area contributed by atoms with Crippen molar-refractivity contribution >= 4 is 17.3 Å². The third-order valence-electron chi connectivity index (χ3n) is 3.18. The molecule has 1 aliphatic carbocycles. The molecule has 1 saturated carbocycles. The first-order chi connectivity index (χ1) is 8.61. The zero-order valence-electron chi connectivity index (χ0n) is 10.4. The second-order valence-corrected chi connectivity index (χ2v) is 5.10. The minimum atomic E-state index is -0.255. The van der Waals surface area contributed by atoms with Crippen LogP contribution < -0.4 is 10.9 Å². The molecule has 1 aliphatic rings. The Kier molecular flexibility index (Phi) is 4.24. The van der Waals surface area contributed by atoms with Gasteiger partial charge in [-0.1, -0.05) is 24.9 Å². The minimum Gasteiger partial charge on any atom is -0.393 e. The predicted octanol–water partition coefficient (Wildman–Crippen LogP) is 1.63. The Morgan fingerprint density at radius 2 is 2.33 bits per heavy atom. The van der Waals surface area contributed by atoms with Gasteiger partial charge in [0.15, 0.2) is 0 Å². The summed E-state index contributed by atoms with van der Waals surface area (Å²) in [6.07, 6.45) is 4.64. The third kappa shape index (κ3) is 2.84. The number of aryl methyl sites for hydroxylation is 1. The van der Waals surface area contributed by atoms with Crippen LogP contribution in [0.3, 0.4) is 0 Å². The van der Waals surface area contributed by atoms with Crippen molar-refractivity contribution in [1.82, 2.24) is 9.78 Å². The Labute approximate surface area is 111 Å². The van der Waals surface area contributed by atoms with E-state index in [1.54, 1.807) is 6.20 Å². The highest BCUT2D eigenvalue weighted by atomic mass is 35.5. The number of nitrogens with zero attached hydrogens (tertiary/aromatic N) is 2. The molecule has 1 aromatic heterocycles. The molecule has 0 amide bonds. The molecule has 0 unspecified atom stereocenters. The second kappa shape index (κ2) is 5.71. The van der Waals surface area contributed by atoms with Crippen molar-refractivity contribution in [2.24, 2.45) is 0 Å². The molecule has 0 aromatic carbocycles. The zero-order chi connectivity index (χ0) is 13.1. The van der Waals surface area contributed by atoms with Gasteiger partial charge in [0.25, 0.3) is 5.56 Å². The largest absolute Gasteiger partial charge is 0.393 e. The van der Waals surface area contributed by atoms with Crippen molar-refractivity contribution in [2.75, 3.05) is 5.32 Å². The number of rotatable bonds is 5. The summed E-state index contributed by atoms with van der Waals surface area (Å²) in [5.74, 6) is 0. The SMILES string of the molecule is CCCCn1ncc(NC2CC(O)C2)c(Cl)c1=O. The summed E-state index contributed by atoms with van der Waals surface area (Å²) in [7, 11) is 0. The summed E-state index contributed by atoms with van der Waals surface area (Å²) in [5.41, 5.74) is 0.307. The number of aliphatic hydroxyl groups is 1. The highest BCUT2D eigenvalue weighted by molar-refractivity contribution is 6.32. The maximum Gasteiger partial charge on any atom is 0.287 e. The number of halogens is 1. The van der Waals surface area contributed by atoms with Crippen LogP contribution in [0.4, 0.5) is 5.69 Å². The van der Waals surface area contributed by atoms with Gasteiger partial charge in [-0.05, 0) is 19.3 Å². The van der Waals surface area contributed by atoms with Gasteiger partial charge in [0, 0.05) is 12.6 Å². The quantitative estimate of drug-likeness (QED) is 0.854. The first kappa shape index (κ1) is 13.4. The molecule has 0 bridgehead atoms. The summed E-state index contributed by atoms with van der Waals surface area (Å²) >= 11 is 6.04. The summed E-state index contributed by atoms with van der Waals surface area (Å²) < 4.78 is 1.40. The first-order valence-electron chi connectivity index (χ1n) is 6.32. The number of anilines is 1. The van der Waals surface area contributed by atoms with Crippen LogP contribution in [0.15, 0.2) is 11.0 Å². The molecule has 0 saturated heterocycles. The molecular formula is C12H18ClN3O2. The molecule has 0 atom stereocenters. The van der Waals surface area contributed by atoms with E-state index in [1.165, 1.54) is 4.68 Å². The normalized spacial score (nSPS) is 22.6. The minimum absolute atomic E-state index is 0.183. The lowest BCUT2D eigenvalue weighted by Crippen LogP contribution is -2.39. The van der Waals surface area contributed by atoms with E-state index >= 15 is 0 Å². The summed E-state index contributed by atoms with van der Waals surface area (Å²) in [6, 6.07) is 0.185. The van der Waals surface area contributed by atoms with Crippen LogP contribution >= 0.6 is 11.6 Å². The van der Waals surface area contributed by atoms with E-state index < -0.39 is 0 Å². The lowest BCUT2D eigenvalue weighted by Gasteiger charge is -2.32. The van der Waals surface area contributed by atoms with Gasteiger partial charge < -0.3 is 10.4 Å². The van der Waals surface area contributed by atoms with E-state index in [0.29, 0.717) is 25.1 Å². The van der Waals surface area contributed by atoms with Crippen molar-refractivity contribution in [3.8, 4) is 0 Å². The van der Waals surface area contributed by atoms with Crippen LogP contribution in [-0.4, -0.2) is 27.0 Å². The number of hydrogen-bond donors (Lipinski definition) is 2. The average molecular weight is 272 g/mol. The number of aromatic nitrogens is 2. The van der Waals surface area contributed by atoms with Crippen LogP contribution in [-0.2, 0) is 6.54 Å². The Hall–Kier alpha value is -1.07. The highest BCUT2D eigenvalue weighted by Crippen LogP contribution is 2.26. The van der Waals surface area contributed by atoms with Crippen LogP contribution in [0.2, 0.25) is 5.02 Å². The monoisotopic (exact) mass is 271 g/mol. The Morgan fingerprint density at radius 1 is 1.61 bits per heavy atom. The van der Waals surface area contributed by atoms with Gasteiger partial charge in [-0.25, -0.2) is 4.68 Å². The molecular weight excluding hydrogens is 254 g/mol. The van der Waals surface area contributed by atoms with Gasteiger partial charge in [-0.3, -0.25) is 4.79 Å². The van der Waals surface area contributed by atoms with Gasteiger partial charge in [0.05, 0.1) is 18.0 Å². The van der Waals surface area contributed by atoms with Crippen molar-refractivity contribution in [2.45, 2.75) is 51.3 Å². The Bertz CT molecular complexity index is 469. The van der Waals surface area contributed by atoms with Crippen molar-refractivity contribution in [1.29, 1.82) is 0 Å². The summed E-state index contributed by atoms with van der Waals surface area (Å²) in [4.78, 5) is 11.9. The molecule has 18 heavy (non-hydrogen) atoms. The predicted molar refractivity (Wildman–Crippen MR) is 71.1 cm³/mol. The van der Waals surface area contributed by atoms with E-state index in [2.05, 4.69) is 17.3 Å². The Morgan fingerprint density at radius 3 is 2.94 bits per heavy atom. The molecule has 1 aromatic rings. The molecule has 6 heteroatoms. The molecule has 5 nitrogen and oxygen atoms in total. The summed E-state index contributed by atoms with van der Waals surface area (Å²) in [5, 5.41) is 16.6. The van der Waals surface area contributed by atoms with Crippen molar-refractivity contribution < 1.29 is 5.11 Å². The van der Waals surface area contributed by atoms with Gasteiger partial charge in [-0.2, -0.15) is 5.10 Å². The third-order valence-corrected chi connectivity index (χ3v) is 3.55. The molecule has 1 heterocycles. The molecule has 0 radical (unpaired) electrons. The smallest absolute Gasteiger partial charge is 0.287 e. The number of hydrogen-bond acceptors (Lipinski definition) is 4. The van der Waals surface area contributed by atoms with Gasteiger partial charge in [0.1, 0.15) is 5.02 Å². The molecule has 0 aliphatic heterocycles. The van der Waals surface area contributed by atoms with E-state index in [9.17, 15) is 9.90 Å². The van der Waals surface area contributed by atoms with Crippen LogP contribution in [0.25, 0.3) is 0 Å². The molecule has 2 rings (SSSR count). The fraction of sp³-hybridized carbons (Fsp3) is 0.667. The van der Waals surface area contributed by atoms with Gasteiger partial charge in [-0.15, -0.1) is 0 Å². The lowest BCUT2D eigenvalue weighted by molar-refractivity contribution is 0.0836. The Balaban J connectivity index is 2.08. The highest BCUT2D eigenvalue weighted by Gasteiger charge is 2.27.